The fraction of sp³-hybridized carbons (Fsp3) is 0.700. The Kier molecular flexibility index (Phi) is 5.72. The van der Waals surface area contributed by atoms with E-state index in [0.29, 0.717) is 12.1 Å². The third-order valence-corrected chi connectivity index (χ3v) is 6.84. The van der Waals surface area contributed by atoms with Gasteiger partial charge in [-0.2, -0.15) is 0 Å². The van der Waals surface area contributed by atoms with Crippen LogP contribution in [0, 0.1) is 6.92 Å². The first kappa shape index (κ1) is 18.1. The van der Waals surface area contributed by atoms with Crippen molar-refractivity contribution in [3.8, 4) is 0 Å². The number of hydrogen-bond donors (Lipinski definition) is 0. The Labute approximate surface area is 160 Å². The summed E-state index contributed by atoms with van der Waals surface area (Å²) in [4.78, 5) is 16.5. The molecule has 1 atom stereocenters. The van der Waals surface area contributed by atoms with Gasteiger partial charge in [-0.3, -0.25) is 0 Å². The standard InChI is InChI=1S/C20H30N4OS/c1-15-13-18-19(21-14-22-20(18)26-15)24-10-7-16(8-11-24)23(2)9-3-5-17-6-4-12-25-17/h13-14,16-17H,3-12H2,1-2H3/t17-/m0/s1. The quantitative estimate of drug-likeness (QED) is 0.768. The average Bonchev–Trinajstić information content (AvgIpc) is 3.30. The number of aryl methyl sites for hydroxylation is 1. The fourth-order valence-corrected chi connectivity index (χ4v) is 5.20. The van der Waals surface area contributed by atoms with Crippen molar-refractivity contribution >= 4 is 27.4 Å². The van der Waals surface area contributed by atoms with Gasteiger partial charge in [-0.05, 0) is 65.1 Å². The molecule has 2 aromatic rings. The van der Waals surface area contributed by atoms with Crippen LogP contribution in [0.5, 0.6) is 0 Å². The Bertz CT molecular complexity index is 720. The molecule has 0 radical (unpaired) electrons. The zero-order valence-corrected chi connectivity index (χ0v) is 16.8. The normalized spacial score (nSPS) is 22.0. The molecule has 4 heterocycles. The van der Waals surface area contributed by atoms with E-state index in [1.54, 1.807) is 17.7 Å². The monoisotopic (exact) mass is 374 g/mol. The SMILES string of the molecule is Cc1cc2c(N3CCC(N(C)CCC[C@H]4CCCO4)CC3)ncnc2s1. The second-order valence-corrected chi connectivity index (χ2v) is 8.98. The van der Waals surface area contributed by atoms with Crippen LogP contribution in [0.3, 0.4) is 0 Å². The molecule has 5 nitrogen and oxygen atoms in total. The topological polar surface area (TPSA) is 41.5 Å². The number of fused-ring (bicyclic) bond motifs is 1. The molecule has 0 spiro atoms. The van der Waals surface area contributed by atoms with Gasteiger partial charge in [0.15, 0.2) is 0 Å². The molecule has 2 aromatic heterocycles. The van der Waals surface area contributed by atoms with Gasteiger partial charge in [0, 0.05) is 30.6 Å². The van der Waals surface area contributed by atoms with E-state index in [0.717, 1.165) is 30.3 Å². The molecule has 2 fully saturated rings. The van der Waals surface area contributed by atoms with E-state index in [1.807, 2.05) is 0 Å². The third-order valence-electron chi connectivity index (χ3n) is 5.88. The molecule has 2 saturated heterocycles. The lowest BCUT2D eigenvalue weighted by molar-refractivity contribution is 0.0969. The molecular formula is C20H30N4OS. The Balaban J connectivity index is 1.29. The molecule has 0 unspecified atom stereocenters. The van der Waals surface area contributed by atoms with Crippen molar-refractivity contribution in [1.82, 2.24) is 14.9 Å². The van der Waals surface area contributed by atoms with Gasteiger partial charge >= 0.3 is 0 Å². The molecule has 0 aromatic carbocycles. The van der Waals surface area contributed by atoms with Gasteiger partial charge in [-0.25, -0.2) is 9.97 Å². The highest BCUT2D eigenvalue weighted by Gasteiger charge is 2.25. The molecule has 26 heavy (non-hydrogen) atoms. The Morgan fingerprint density at radius 1 is 1.27 bits per heavy atom. The van der Waals surface area contributed by atoms with Gasteiger partial charge in [0.2, 0.25) is 0 Å². The highest BCUT2D eigenvalue weighted by atomic mass is 32.1. The van der Waals surface area contributed by atoms with Gasteiger partial charge in [-0.1, -0.05) is 0 Å². The number of ether oxygens (including phenoxy) is 1. The number of hydrogen-bond acceptors (Lipinski definition) is 6. The summed E-state index contributed by atoms with van der Waals surface area (Å²) in [7, 11) is 2.29. The summed E-state index contributed by atoms with van der Waals surface area (Å²) in [5, 5.41) is 1.22. The summed E-state index contributed by atoms with van der Waals surface area (Å²) in [5.74, 6) is 1.12. The average molecular weight is 375 g/mol. The van der Waals surface area contributed by atoms with Crippen LogP contribution in [0.15, 0.2) is 12.4 Å². The largest absolute Gasteiger partial charge is 0.378 e. The van der Waals surface area contributed by atoms with Crippen LogP contribution in [-0.2, 0) is 4.74 Å². The van der Waals surface area contributed by atoms with E-state index in [9.17, 15) is 0 Å². The predicted molar refractivity (Wildman–Crippen MR) is 108 cm³/mol. The zero-order chi connectivity index (χ0) is 17.9. The predicted octanol–water partition coefficient (Wildman–Crippen LogP) is 3.86. The van der Waals surface area contributed by atoms with Crippen molar-refractivity contribution in [2.75, 3.05) is 38.2 Å². The minimum Gasteiger partial charge on any atom is -0.378 e. The maximum Gasteiger partial charge on any atom is 0.140 e. The minimum absolute atomic E-state index is 0.527. The lowest BCUT2D eigenvalue weighted by Crippen LogP contribution is -2.44. The number of thiophene rings is 1. The van der Waals surface area contributed by atoms with Crippen LogP contribution in [0.4, 0.5) is 5.82 Å². The molecular weight excluding hydrogens is 344 g/mol. The number of rotatable bonds is 6. The molecule has 2 aliphatic heterocycles. The van der Waals surface area contributed by atoms with E-state index in [1.165, 1.54) is 55.3 Å². The summed E-state index contributed by atoms with van der Waals surface area (Å²) in [6, 6.07) is 2.93. The van der Waals surface area contributed by atoms with E-state index in [2.05, 4.69) is 39.8 Å². The number of piperidine rings is 1. The summed E-state index contributed by atoms with van der Waals surface area (Å²) >= 11 is 1.76. The van der Waals surface area contributed by atoms with Crippen molar-refractivity contribution in [3.05, 3.63) is 17.3 Å². The number of nitrogens with zero attached hydrogens (tertiary/aromatic N) is 4. The lowest BCUT2D eigenvalue weighted by Gasteiger charge is -2.37. The highest BCUT2D eigenvalue weighted by molar-refractivity contribution is 7.18. The lowest BCUT2D eigenvalue weighted by atomic mass is 10.0. The second kappa shape index (κ2) is 8.19. The van der Waals surface area contributed by atoms with Crippen LogP contribution in [0.2, 0.25) is 0 Å². The van der Waals surface area contributed by atoms with E-state index < -0.39 is 0 Å². The molecule has 0 aliphatic carbocycles. The van der Waals surface area contributed by atoms with Crippen LogP contribution in [0.1, 0.15) is 43.4 Å². The first-order chi connectivity index (χ1) is 12.7. The van der Waals surface area contributed by atoms with Crippen molar-refractivity contribution in [3.63, 3.8) is 0 Å². The van der Waals surface area contributed by atoms with Crippen LogP contribution < -0.4 is 4.90 Å². The Morgan fingerprint density at radius 2 is 2.12 bits per heavy atom. The van der Waals surface area contributed by atoms with Gasteiger partial charge in [-0.15, -0.1) is 11.3 Å². The van der Waals surface area contributed by atoms with Crippen molar-refractivity contribution < 1.29 is 4.74 Å². The smallest absolute Gasteiger partial charge is 0.140 e. The second-order valence-electron chi connectivity index (χ2n) is 7.75. The summed E-state index contributed by atoms with van der Waals surface area (Å²) < 4.78 is 5.74. The molecule has 0 N–H and O–H groups in total. The highest BCUT2D eigenvalue weighted by Crippen LogP contribution is 2.31. The summed E-state index contributed by atoms with van der Waals surface area (Å²) in [6.07, 6.45) is 9.66. The Hall–Kier alpha value is -1.24. The molecule has 142 valence electrons. The van der Waals surface area contributed by atoms with Gasteiger partial charge < -0.3 is 14.5 Å². The van der Waals surface area contributed by atoms with E-state index in [4.69, 9.17) is 4.74 Å². The molecule has 0 bridgehead atoms. The van der Waals surface area contributed by atoms with E-state index >= 15 is 0 Å². The van der Waals surface area contributed by atoms with Gasteiger partial charge in [0.05, 0.1) is 11.5 Å². The van der Waals surface area contributed by atoms with Crippen molar-refractivity contribution in [2.45, 2.75) is 57.6 Å². The molecule has 4 rings (SSSR count). The van der Waals surface area contributed by atoms with Gasteiger partial charge in [0.1, 0.15) is 17.0 Å². The number of aromatic nitrogens is 2. The maximum absolute atomic E-state index is 5.74. The molecule has 2 aliphatic rings. The zero-order valence-electron chi connectivity index (χ0n) is 16.0. The first-order valence-electron chi connectivity index (χ1n) is 9.98. The number of anilines is 1. The van der Waals surface area contributed by atoms with E-state index in [-0.39, 0.29) is 0 Å². The summed E-state index contributed by atoms with van der Waals surface area (Å²) in [5.41, 5.74) is 0. The minimum atomic E-state index is 0.527. The molecule has 0 saturated carbocycles. The van der Waals surface area contributed by atoms with Crippen LogP contribution in [0.25, 0.3) is 10.2 Å². The van der Waals surface area contributed by atoms with Crippen LogP contribution >= 0.6 is 11.3 Å². The molecule has 0 amide bonds. The third kappa shape index (κ3) is 4.02. The van der Waals surface area contributed by atoms with Crippen molar-refractivity contribution in [1.29, 1.82) is 0 Å². The summed E-state index contributed by atoms with van der Waals surface area (Å²) in [6.45, 7) is 6.47. The maximum atomic E-state index is 5.74. The van der Waals surface area contributed by atoms with Gasteiger partial charge in [0.25, 0.3) is 0 Å². The molecule has 6 heteroatoms. The van der Waals surface area contributed by atoms with Crippen molar-refractivity contribution in [2.24, 2.45) is 0 Å². The fourth-order valence-electron chi connectivity index (χ4n) is 4.36. The first-order valence-corrected chi connectivity index (χ1v) is 10.8. The Morgan fingerprint density at radius 3 is 2.88 bits per heavy atom. The van der Waals surface area contributed by atoms with Crippen LogP contribution in [-0.4, -0.2) is 60.3 Å².